The van der Waals surface area contributed by atoms with Gasteiger partial charge in [0.15, 0.2) is 22.8 Å². The molecule has 0 radical (unpaired) electrons. The van der Waals surface area contributed by atoms with Crippen LogP contribution in [0.1, 0.15) is 34.6 Å². The van der Waals surface area contributed by atoms with E-state index < -0.39 is 11.2 Å². The summed E-state index contributed by atoms with van der Waals surface area (Å²) >= 11 is 0. The Morgan fingerprint density at radius 1 is 0.933 bits per heavy atom. The molecule has 76 valence electrons. The average molecular weight is 202 g/mol. The number of epoxide rings is 1. The first kappa shape index (κ1) is 8.80. The van der Waals surface area contributed by atoms with Crippen molar-refractivity contribution < 1.29 is 14.3 Å². The highest BCUT2D eigenvalue weighted by atomic mass is 16.6. The molecule has 1 heterocycles. The number of hydrogen-bond acceptors (Lipinski definition) is 3. The van der Waals surface area contributed by atoms with Crippen molar-refractivity contribution in [2.75, 3.05) is 0 Å². The molecular formula is C12H10O3. The molecule has 3 nitrogen and oxygen atoms in total. The van der Waals surface area contributed by atoms with Gasteiger partial charge < -0.3 is 4.74 Å². The SMILES string of the molecule is C[C@@]12O[C@]1(C)C(=O)c1ccccc1C2=O. The van der Waals surface area contributed by atoms with Crippen LogP contribution in [0.3, 0.4) is 0 Å². The minimum absolute atomic E-state index is 0.0831. The molecule has 0 bridgehead atoms. The lowest BCUT2D eigenvalue weighted by Gasteiger charge is -2.19. The van der Waals surface area contributed by atoms with Crippen molar-refractivity contribution in [3.8, 4) is 0 Å². The second-order valence-electron chi connectivity index (χ2n) is 4.37. The first-order valence-electron chi connectivity index (χ1n) is 4.89. The van der Waals surface area contributed by atoms with Crippen molar-refractivity contribution in [1.82, 2.24) is 0 Å². The summed E-state index contributed by atoms with van der Waals surface area (Å²) in [4.78, 5) is 24.1. The van der Waals surface area contributed by atoms with E-state index in [-0.39, 0.29) is 11.6 Å². The van der Waals surface area contributed by atoms with E-state index in [9.17, 15) is 9.59 Å². The third-order valence-corrected chi connectivity index (χ3v) is 3.56. The Morgan fingerprint density at radius 3 is 1.73 bits per heavy atom. The van der Waals surface area contributed by atoms with Gasteiger partial charge in [0.05, 0.1) is 0 Å². The van der Waals surface area contributed by atoms with E-state index in [1.807, 2.05) is 0 Å². The molecule has 1 aromatic rings. The molecule has 0 unspecified atom stereocenters. The Kier molecular flexibility index (Phi) is 1.29. The molecular weight excluding hydrogens is 192 g/mol. The predicted octanol–water partition coefficient (Wildman–Crippen LogP) is 1.61. The fourth-order valence-electron chi connectivity index (χ4n) is 2.30. The Labute approximate surface area is 87.0 Å². The van der Waals surface area contributed by atoms with Gasteiger partial charge in [-0.25, -0.2) is 0 Å². The molecule has 1 aliphatic heterocycles. The highest BCUT2D eigenvalue weighted by molar-refractivity contribution is 6.24. The van der Waals surface area contributed by atoms with Crippen LogP contribution in [0.5, 0.6) is 0 Å². The minimum Gasteiger partial charge on any atom is -0.346 e. The van der Waals surface area contributed by atoms with Gasteiger partial charge in [-0.3, -0.25) is 9.59 Å². The normalized spacial score (nSPS) is 37.2. The van der Waals surface area contributed by atoms with Crippen LogP contribution in [0.25, 0.3) is 0 Å². The van der Waals surface area contributed by atoms with Gasteiger partial charge in [-0.05, 0) is 13.8 Å². The molecule has 15 heavy (non-hydrogen) atoms. The molecule has 0 spiro atoms. The fraction of sp³-hybridized carbons (Fsp3) is 0.333. The molecule has 2 aliphatic rings. The van der Waals surface area contributed by atoms with Crippen molar-refractivity contribution >= 4 is 11.6 Å². The molecule has 1 aromatic carbocycles. The summed E-state index contributed by atoms with van der Waals surface area (Å²) in [7, 11) is 0. The third-order valence-electron chi connectivity index (χ3n) is 3.56. The number of rotatable bonds is 0. The van der Waals surface area contributed by atoms with Crippen LogP contribution in [-0.2, 0) is 4.74 Å². The number of carbonyl (C=O) groups excluding carboxylic acids is 2. The Hall–Kier alpha value is -1.48. The van der Waals surface area contributed by atoms with Crippen molar-refractivity contribution in [1.29, 1.82) is 0 Å². The van der Waals surface area contributed by atoms with Gasteiger partial charge in [0, 0.05) is 11.1 Å². The molecule has 0 N–H and O–H groups in total. The molecule has 3 rings (SSSR count). The van der Waals surface area contributed by atoms with Crippen LogP contribution < -0.4 is 0 Å². The molecule has 3 heteroatoms. The second kappa shape index (κ2) is 2.19. The van der Waals surface area contributed by atoms with Gasteiger partial charge in [0.25, 0.3) is 0 Å². The number of Topliss-reactive ketones (excluding diaryl/α,β-unsaturated/α-hetero) is 2. The summed E-state index contributed by atoms with van der Waals surface area (Å²) in [6.45, 7) is 3.37. The fourth-order valence-corrected chi connectivity index (χ4v) is 2.30. The van der Waals surface area contributed by atoms with Crippen LogP contribution in [0, 0.1) is 0 Å². The number of carbonyl (C=O) groups is 2. The minimum atomic E-state index is -0.932. The average Bonchev–Trinajstić information content (AvgIpc) is 2.82. The second-order valence-corrected chi connectivity index (χ2v) is 4.37. The zero-order valence-corrected chi connectivity index (χ0v) is 8.53. The van der Waals surface area contributed by atoms with E-state index in [1.54, 1.807) is 38.1 Å². The van der Waals surface area contributed by atoms with Gasteiger partial charge in [0.2, 0.25) is 0 Å². The van der Waals surface area contributed by atoms with Crippen LogP contribution in [0.2, 0.25) is 0 Å². The maximum Gasteiger partial charge on any atom is 0.198 e. The quantitative estimate of drug-likeness (QED) is 0.600. The largest absolute Gasteiger partial charge is 0.346 e. The Balaban J connectivity index is 2.30. The molecule has 1 aliphatic carbocycles. The van der Waals surface area contributed by atoms with Crippen molar-refractivity contribution in [2.24, 2.45) is 0 Å². The van der Waals surface area contributed by atoms with Gasteiger partial charge in [-0.1, -0.05) is 24.3 Å². The van der Waals surface area contributed by atoms with E-state index >= 15 is 0 Å². The van der Waals surface area contributed by atoms with E-state index in [0.29, 0.717) is 11.1 Å². The molecule has 2 atom stereocenters. The van der Waals surface area contributed by atoms with Crippen molar-refractivity contribution in [2.45, 2.75) is 25.0 Å². The topological polar surface area (TPSA) is 46.7 Å². The van der Waals surface area contributed by atoms with E-state index in [1.165, 1.54) is 0 Å². The highest BCUT2D eigenvalue weighted by Crippen LogP contribution is 2.54. The van der Waals surface area contributed by atoms with Gasteiger partial charge in [0.1, 0.15) is 0 Å². The number of hydrogen-bond donors (Lipinski definition) is 0. The molecule has 0 saturated carbocycles. The lowest BCUT2D eigenvalue weighted by atomic mass is 9.76. The molecule has 1 fully saturated rings. The molecule has 0 amide bonds. The smallest absolute Gasteiger partial charge is 0.198 e. The number of benzene rings is 1. The summed E-state index contributed by atoms with van der Waals surface area (Å²) in [6, 6.07) is 6.89. The third kappa shape index (κ3) is 0.766. The predicted molar refractivity (Wildman–Crippen MR) is 53.0 cm³/mol. The van der Waals surface area contributed by atoms with E-state index in [2.05, 4.69) is 0 Å². The first-order valence-corrected chi connectivity index (χ1v) is 4.89. The van der Waals surface area contributed by atoms with Gasteiger partial charge in [-0.2, -0.15) is 0 Å². The Bertz CT molecular complexity index is 460. The van der Waals surface area contributed by atoms with E-state index in [0.717, 1.165) is 0 Å². The summed E-state index contributed by atoms with van der Waals surface area (Å²) in [6.07, 6.45) is 0. The van der Waals surface area contributed by atoms with Gasteiger partial charge >= 0.3 is 0 Å². The monoisotopic (exact) mass is 202 g/mol. The summed E-state index contributed by atoms with van der Waals surface area (Å²) in [5.74, 6) is -0.166. The van der Waals surface area contributed by atoms with Crippen molar-refractivity contribution in [3.63, 3.8) is 0 Å². The standard InChI is InChI=1S/C12H10O3/c1-11-9(13)7-5-3-4-6-8(7)10(14)12(11,2)15-11/h3-6H,1-2H3/t11-,12+. The summed E-state index contributed by atoms with van der Waals surface area (Å²) in [5.41, 5.74) is -0.892. The Morgan fingerprint density at radius 2 is 1.33 bits per heavy atom. The van der Waals surface area contributed by atoms with Crippen LogP contribution in [-0.4, -0.2) is 22.8 Å². The van der Waals surface area contributed by atoms with E-state index in [4.69, 9.17) is 4.74 Å². The lowest BCUT2D eigenvalue weighted by molar-refractivity contribution is 0.0855. The zero-order valence-electron chi connectivity index (χ0n) is 8.53. The molecule has 0 aromatic heterocycles. The summed E-state index contributed by atoms with van der Waals surface area (Å²) in [5, 5.41) is 0. The first-order chi connectivity index (χ1) is 7.01. The number of fused-ring (bicyclic) bond motifs is 2. The maximum atomic E-state index is 12.1. The van der Waals surface area contributed by atoms with Crippen LogP contribution in [0.15, 0.2) is 24.3 Å². The number of ether oxygens (including phenoxy) is 1. The lowest BCUT2D eigenvalue weighted by Crippen LogP contribution is -2.41. The maximum absolute atomic E-state index is 12.1. The zero-order chi connectivity index (χ0) is 10.8. The number of ketones is 2. The highest BCUT2D eigenvalue weighted by Gasteiger charge is 2.75. The molecule has 1 saturated heterocycles. The summed E-state index contributed by atoms with van der Waals surface area (Å²) < 4.78 is 5.36. The van der Waals surface area contributed by atoms with Crippen LogP contribution >= 0.6 is 0 Å². The van der Waals surface area contributed by atoms with Gasteiger partial charge in [-0.15, -0.1) is 0 Å². The van der Waals surface area contributed by atoms with Crippen LogP contribution in [0.4, 0.5) is 0 Å². The van der Waals surface area contributed by atoms with Crippen molar-refractivity contribution in [3.05, 3.63) is 35.4 Å².